The SMILES string of the molecule is CCCCCCC/C=C\C/C=C\C/C=C\CCCCCCCCCCC(=O)OCC(COC(=O)CCCCCCCCCCCCCCCC)OC(=O)CCCCCCCCCCCCCCCCCC. The van der Waals surface area contributed by atoms with Crippen LogP contribution in [0.1, 0.15) is 342 Å². The Morgan fingerprint density at radius 1 is 0.282 bits per heavy atom. The topological polar surface area (TPSA) is 78.9 Å². The molecule has 0 spiro atoms. The summed E-state index contributed by atoms with van der Waals surface area (Å²) in [6.45, 7) is 6.68. The summed E-state index contributed by atoms with van der Waals surface area (Å²) in [4.78, 5) is 38.3. The number of rotatable bonds is 58. The van der Waals surface area contributed by atoms with Gasteiger partial charge in [0.2, 0.25) is 0 Å². The molecule has 0 saturated carbocycles. The number of ether oxygens (including phenoxy) is 3. The molecule has 71 heavy (non-hydrogen) atoms. The standard InChI is InChI=1S/C65H120O6/c1-4-7-10-13-16-19-22-25-28-30-31-32-33-34-35-36-38-40-43-46-49-52-55-58-64(67)70-61-62(60-69-63(66)57-54-51-48-45-42-39-27-24-21-18-15-12-9-6-3)71-65(68)59-56-53-50-47-44-41-37-29-26-23-20-17-14-11-8-5-2/h22,25,30-31,33-34,62H,4-21,23-24,26-29,32,35-61H2,1-3H3/b25-22-,31-30-,34-33-. The number of allylic oxidation sites excluding steroid dienone is 6. The minimum absolute atomic E-state index is 0.0690. The van der Waals surface area contributed by atoms with Gasteiger partial charge in [0.15, 0.2) is 6.10 Å². The highest BCUT2D eigenvalue weighted by Gasteiger charge is 2.19. The zero-order valence-electron chi connectivity index (χ0n) is 47.8. The number of carbonyl (C=O) groups excluding carboxylic acids is 3. The molecule has 0 aliphatic rings. The Kier molecular flexibility index (Phi) is 58.2. The van der Waals surface area contributed by atoms with Crippen LogP contribution in [-0.4, -0.2) is 37.2 Å². The van der Waals surface area contributed by atoms with Crippen LogP contribution < -0.4 is 0 Å². The van der Waals surface area contributed by atoms with E-state index < -0.39 is 6.10 Å². The van der Waals surface area contributed by atoms with Gasteiger partial charge in [0.1, 0.15) is 13.2 Å². The van der Waals surface area contributed by atoms with Gasteiger partial charge in [-0.05, 0) is 57.8 Å². The first kappa shape index (κ1) is 68.6. The molecule has 0 saturated heterocycles. The lowest BCUT2D eigenvalue weighted by Crippen LogP contribution is -2.30. The Balaban J connectivity index is 4.30. The largest absolute Gasteiger partial charge is 0.462 e. The summed E-state index contributed by atoms with van der Waals surface area (Å²) in [5.41, 5.74) is 0. The number of esters is 3. The third kappa shape index (κ3) is 58.4. The predicted molar refractivity (Wildman–Crippen MR) is 307 cm³/mol. The second-order valence-corrected chi connectivity index (χ2v) is 21.3. The van der Waals surface area contributed by atoms with E-state index in [1.807, 2.05) is 0 Å². The zero-order valence-corrected chi connectivity index (χ0v) is 47.8. The number of unbranched alkanes of at least 4 members (excludes halogenated alkanes) is 41. The van der Waals surface area contributed by atoms with Crippen molar-refractivity contribution in [2.75, 3.05) is 13.2 Å². The van der Waals surface area contributed by atoms with Crippen molar-refractivity contribution in [1.82, 2.24) is 0 Å². The highest BCUT2D eigenvalue weighted by Crippen LogP contribution is 2.17. The van der Waals surface area contributed by atoms with E-state index in [2.05, 4.69) is 57.2 Å². The third-order valence-electron chi connectivity index (χ3n) is 14.1. The van der Waals surface area contributed by atoms with Crippen LogP contribution in [0.25, 0.3) is 0 Å². The number of hydrogen-bond acceptors (Lipinski definition) is 6. The van der Waals surface area contributed by atoms with Crippen molar-refractivity contribution < 1.29 is 28.6 Å². The number of hydrogen-bond donors (Lipinski definition) is 0. The van der Waals surface area contributed by atoms with Gasteiger partial charge in [-0.3, -0.25) is 14.4 Å². The monoisotopic (exact) mass is 997 g/mol. The van der Waals surface area contributed by atoms with Crippen LogP contribution in [0, 0.1) is 0 Å². The van der Waals surface area contributed by atoms with Crippen molar-refractivity contribution in [3.05, 3.63) is 36.5 Å². The maximum atomic E-state index is 12.9. The molecule has 6 nitrogen and oxygen atoms in total. The van der Waals surface area contributed by atoms with E-state index in [9.17, 15) is 14.4 Å². The van der Waals surface area contributed by atoms with E-state index in [0.717, 1.165) is 77.0 Å². The van der Waals surface area contributed by atoms with Gasteiger partial charge in [0.05, 0.1) is 0 Å². The second kappa shape index (κ2) is 60.2. The average Bonchev–Trinajstić information content (AvgIpc) is 3.37. The van der Waals surface area contributed by atoms with Crippen LogP contribution in [-0.2, 0) is 28.6 Å². The van der Waals surface area contributed by atoms with Crippen molar-refractivity contribution in [2.45, 2.75) is 348 Å². The molecule has 0 rings (SSSR count). The van der Waals surface area contributed by atoms with Gasteiger partial charge < -0.3 is 14.2 Å². The highest BCUT2D eigenvalue weighted by molar-refractivity contribution is 5.71. The molecule has 1 unspecified atom stereocenters. The van der Waals surface area contributed by atoms with Crippen LogP contribution in [0.3, 0.4) is 0 Å². The van der Waals surface area contributed by atoms with Gasteiger partial charge in [0.25, 0.3) is 0 Å². The minimum Gasteiger partial charge on any atom is -0.462 e. The normalized spacial score (nSPS) is 12.2. The summed E-state index contributed by atoms with van der Waals surface area (Å²) in [5, 5.41) is 0. The molecule has 0 aromatic rings. The molecular formula is C65H120O6. The van der Waals surface area contributed by atoms with Gasteiger partial charge in [-0.2, -0.15) is 0 Å². The van der Waals surface area contributed by atoms with Gasteiger partial charge in [-0.15, -0.1) is 0 Å². The Morgan fingerprint density at radius 3 is 0.789 bits per heavy atom. The molecular weight excluding hydrogens is 877 g/mol. The summed E-state index contributed by atoms with van der Waals surface area (Å²) in [5.74, 6) is -0.852. The second-order valence-electron chi connectivity index (χ2n) is 21.3. The molecule has 416 valence electrons. The van der Waals surface area contributed by atoms with Gasteiger partial charge in [-0.25, -0.2) is 0 Å². The number of carbonyl (C=O) groups is 3. The van der Waals surface area contributed by atoms with E-state index in [4.69, 9.17) is 14.2 Å². The lowest BCUT2D eigenvalue weighted by atomic mass is 10.0. The quantitative estimate of drug-likeness (QED) is 0.0261. The molecule has 0 radical (unpaired) electrons. The van der Waals surface area contributed by atoms with E-state index in [0.29, 0.717) is 19.3 Å². The first-order valence-electron chi connectivity index (χ1n) is 31.5. The van der Waals surface area contributed by atoms with Crippen molar-refractivity contribution in [3.8, 4) is 0 Å². The Hall–Kier alpha value is -2.37. The lowest BCUT2D eigenvalue weighted by Gasteiger charge is -2.18. The molecule has 0 heterocycles. The molecule has 0 amide bonds. The van der Waals surface area contributed by atoms with Gasteiger partial charge >= 0.3 is 17.9 Å². The van der Waals surface area contributed by atoms with Crippen molar-refractivity contribution in [2.24, 2.45) is 0 Å². The maximum absolute atomic E-state index is 12.9. The van der Waals surface area contributed by atoms with E-state index in [1.54, 1.807) is 0 Å². The Bertz CT molecular complexity index is 1190. The first-order chi connectivity index (χ1) is 35.0. The maximum Gasteiger partial charge on any atom is 0.306 e. The van der Waals surface area contributed by atoms with Gasteiger partial charge in [-0.1, -0.05) is 301 Å². The molecule has 0 aliphatic heterocycles. The first-order valence-corrected chi connectivity index (χ1v) is 31.5. The van der Waals surface area contributed by atoms with E-state index >= 15 is 0 Å². The van der Waals surface area contributed by atoms with Gasteiger partial charge in [0, 0.05) is 19.3 Å². The van der Waals surface area contributed by atoms with Crippen LogP contribution in [0.2, 0.25) is 0 Å². The highest BCUT2D eigenvalue weighted by atomic mass is 16.6. The fourth-order valence-electron chi connectivity index (χ4n) is 9.39. The van der Waals surface area contributed by atoms with Crippen LogP contribution in [0.5, 0.6) is 0 Å². The summed E-state index contributed by atoms with van der Waals surface area (Å²) in [6.07, 6.45) is 72.8. The fourth-order valence-corrected chi connectivity index (χ4v) is 9.39. The van der Waals surface area contributed by atoms with Crippen LogP contribution in [0.4, 0.5) is 0 Å². The molecule has 0 bridgehead atoms. The summed E-state index contributed by atoms with van der Waals surface area (Å²) in [7, 11) is 0. The van der Waals surface area contributed by atoms with Crippen molar-refractivity contribution >= 4 is 17.9 Å². The van der Waals surface area contributed by atoms with Crippen molar-refractivity contribution in [1.29, 1.82) is 0 Å². The minimum atomic E-state index is -0.771. The average molecular weight is 998 g/mol. The summed E-state index contributed by atoms with van der Waals surface area (Å²) in [6, 6.07) is 0. The lowest BCUT2D eigenvalue weighted by molar-refractivity contribution is -0.167. The van der Waals surface area contributed by atoms with Crippen LogP contribution in [0.15, 0.2) is 36.5 Å². The molecule has 0 fully saturated rings. The molecule has 6 heteroatoms. The molecule has 0 N–H and O–H groups in total. The van der Waals surface area contributed by atoms with Crippen molar-refractivity contribution in [3.63, 3.8) is 0 Å². The third-order valence-corrected chi connectivity index (χ3v) is 14.1. The van der Waals surface area contributed by atoms with E-state index in [-0.39, 0.29) is 31.1 Å². The molecule has 0 aromatic carbocycles. The zero-order chi connectivity index (χ0) is 51.4. The predicted octanol–water partition coefficient (Wildman–Crippen LogP) is 21.2. The van der Waals surface area contributed by atoms with Crippen LogP contribution >= 0.6 is 0 Å². The Labute approximate surface area is 442 Å². The summed E-state index contributed by atoms with van der Waals surface area (Å²) < 4.78 is 16.9. The smallest absolute Gasteiger partial charge is 0.306 e. The fraction of sp³-hybridized carbons (Fsp3) is 0.862. The molecule has 0 aromatic heterocycles. The Morgan fingerprint density at radius 2 is 0.507 bits per heavy atom. The summed E-state index contributed by atoms with van der Waals surface area (Å²) >= 11 is 0. The molecule has 1 atom stereocenters. The molecule has 0 aliphatic carbocycles. The van der Waals surface area contributed by atoms with E-state index in [1.165, 1.54) is 225 Å².